The molecule has 2 N–H and O–H groups in total. The van der Waals surface area contributed by atoms with Crippen molar-refractivity contribution in [2.75, 3.05) is 29.3 Å². The van der Waals surface area contributed by atoms with Crippen LogP contribution in [0.25, 0.3) is 0 Å². The standard InChI is InChI=1S/C24H31F3N6O3S.Na/c1-31-14-19(13-28-31)33(18-8-10-32(11-9-18)15-24(25,26)27)37(35,36)30-23(34)29-22-20-6-2-4-16(20)12-17-5-3-7-21(17)22;/h12-14,18H,2-11,15H2,1H3,(H2,29,30,34);. The van der Waals surface area contributed by atoms with Gasteiger partial charge in [0.25, 0.3) is 0 Å². The first kappa shape index (κ1) is 29.2. The second-order valence-electron chi connectivity index (χ2n) is 10.1. The number of amides is 2. The molecule has 1 aromatic heterocycles. The Morgan fingerprint density at radius 2 is 1.71 bits per heavy atom. The van der Waals surface area contributed by atoms with E-state index < -0.39 is 35.0 Å². The predicted molar refractivity (Wildman–Crippen MR) is 139 cm³/mol. The number of aromatic nitrogens is 2. The predicted octanol–water partition coefficient (Wildman–Crippen LogP) is 2.92. The molecule has 9 nitrogen and oxygen atoms in total. The van der Waals surface area contributed by atoms with Crippen molar-refractivity contribution in [3.05, 3.63) is 40.7 Å². The van der Waals surface area contributed by atoms with E-state index in [9.17, 15) is 26.4 Å². The molecule has 0 unspecified atom stereocenters. The minimum atomic E-state index is -4.38. The SMILES string of the molecule is Cn1cc(N(C2CCN(CC(F)(F)F)CC2)S(=O)(=O)NC(=O)Nc2c3c(cc4c2CCC4)CCC3)cn1.[Na]. The van der Waals surface area contributed by atoms with E-state index >= 15 is 0 Å². The summed E-state index contributed by atoms with van der Waals surface area (Å²) in [7, 11) is -2.75. The van der Waals surface area contributed by atoms with Gasteiger partial charge in [-0.1, -0.05) is 6.07 Å². The molecule has 3 aliphatic rings. The van der Waals surface area contributed by atoms with Gasteiger partial charge in [-0.15, -0.1) is 0 Å². The minimum absolute atomic E-state index is 0. The molecule has 38 heavy (non-hydrogen) atoms. The first-order valence-corrected chi connectivity index (χ1v) is 14.0. The maximum Gasteiger partial charge on any atom is 0.401 e. The van der Waals surface area contributed by atoms with E-state index in [0.29, 0.717) is 0 Å². The van der Waals surface area contributed by atoms with Crippen LogP contribution in [0.2, 0.25) is 0 Å². The van der Waals surface area contributed by atoms with Crippen molar-refractivity contribution in [3.8, 4) is 0 Å². The van der Waals surface area contributed by atoms with E-state index in [2.05, 4.69) is 21.2 Å². The Morgan fingerprint density at radius 3 is 2.24 bits per heavy atom. The molecule has 0 bridgehead atoms. The molecule has 0 spiro atoms. The fourth-order valence-corrected chi connectivity index (χ4v) is 7.26. The molecule has 1 aliphatic heterocycles. The summed E-state index contributed by atoms with van der Waals surface area (Å²) in [6, 6.07) is 0.752. The van der Waals surface area contributed by atoms with Gasteiger partial charge in [-0.05, 0) is 73.6 Å². The van der Waals surface area contributed by atoms with Crippen molar-refractivity contribution in [2.45, 2.75) is 63.6 Å². The number of aryl methyl sites for hydroxylation is 3. The quantitative estimate of drug-likeness (QED) is 0.527. The average Bonchev–Trinajstić information content (AvgIpc) is 3.54. The van der Waals surface area contributed by atoms with Crippen LogP contribution in [0, 0.1) is 0 Å². The van der Waals surface area contributed by atoms with Gasteiger partial charge in [0.05, 0.1) is 18.4 Å². The van der Waals surface area contributed by atoms with Gasteiger partial charge in [0.15, 0.2) is 0 Å². The van der Waals surface area contributed by atoms with Crippen LogP contribution in [0.4, 0.5) is 29.3 Å². The number of fused-ring (bicyclic) bond motifs is 2. The van der Waals surface area contributed by atoms with Gasteiger partial charge >= 0.3 is 22.4 Å². The number of likely N-dealkylation sites (tertiary alicyclic amines) is 1. The summed E-state index contributed by atoms with van der Waals surface area (Å²) < 4.78 is 70.3. The van der Waals surface area contributed by atoms with Crippen LogP contribution in [0.1, 0.15) is 47.9 Å². The largest absolute Gasteiger partial charge is 0.401 e. The minimum Gasteiger partial charge on any atom is -0.307 e. The fraction of sp³-hybridized carbons (Fsp3) is 0.583. The van der Waals surface area contributed by atoms with E-state index in [1.165, 1.54) is 33.1 Å². The zero-order valence-corrected chi connectivity index (χ0v) is 24.5. The molecule has 2 aromatic rings. The van der Waals surface area contributed by atoms with E-state index in [1.54, 1.807) is 7.05 Å². The summed E-state index contributed by atoms with van der Waals surface area (Å²) in [5.74, 6) is 0. The van der Waals surface area contributed by atoms with Crippen molar-refractivity contribution >= 4 is 57.2 Å². The maximum atomic E-state index is 13.5. The van der Waals surface area contributed by atoms with E-state index in [0.717, 1.165) is 59.6 Å². The van der Waals surface area contributed by atoms with Crippen molar-refractivity contribution in [2.24, 2.45) is 7.05 Å². The number of alkyl halides is 3. The Kier molecular flexibility index (Phi) is 8.73. The van der Waals surface area contributed by atoms with Crippen molar-refractivity contribution in [1.29, 1.82) is 0 Å². The number of anilines is 2. The Morgan fingerprint density at radius 1 is 1.11 bits per heavy atom. The molecule has 0 saturated carbocycles. The fourth-order valence-electron chi connectivity index (χ4n) is 5.91. The third-order valence-corrected chi connectivity index (χ3v) is 8.90. The molecule has 2 heterocycles. The Balaban J connectivity index is 0.00000336. The van der Waals surface area contributed by atoms with Gasteiger partial charge in [-0.3, -0.25) is 9.58 Å². The van der Waals surface area contributed by atoms with Gasteiger partial charge < -0.3 is 5.32 Å². The third-order valence-electron chi connectivity index (χ3n) is 7.43. The van der Waals surface area contributed by atoms with Gasteiger partial charge in [-0.2, -0.15) is 26.7 Å². The van der Waals surface area contributed by atoms with Crippen molar-refractivity contribution in [3.63, 3.8) is 0 Å². The van der Waals surface area contributed by atoms with Crippen molar-refractivity contribution < 1.29 is 26.4 Å². The van der Waals surface area contributed by atoms with Gasteiger partial charge in [-0.25, -0.2) is 13.8 Å². The number of hydrogen-bond donors (Lipinski definition) is 2. The second kappa shape index (κ2) is 11.4. The summed E-state index contributed by atoms with van der Waals surface area (Å²) in [5, 5.41) is 6.89. The number of urea groups is 1. The summed E-state index contributed by atoms with van der Waals surface area (Å²) in [6.07, 6.45) is 4.49. The molecular formula is C24H31F3N6NaO3S. The summed E-state index contributed by atoms with van der Waals surface area (Å²) in [4.78, 5) is 14.3. The molecular weight excluding hydrogens is 532 g/mol. The molecule has 2 amide bonds. The molecule has 0 atom stereocenters. The van der Waals surface area contributed by atoms with E-state index in [-0.39, 0.29) is 61.2 Å². The monoisotopic (exact) mass is 563 g/mol. The van der Waals surface area contributed by atoms with Crippen LogP contribution in [-0.2, 0) is 42.9 Å². The number of rotatable bonds is 6. The smallest absolute Gasteiger partial charge is 0.307 e. The van der Waals surface area contributed by atoms with E-state index in [4.69, 9.17) is 0 Å². The van der Waals surface area contributed by atoms with Crippen molar-refractivity contribution in [1.82, 2.24) is 19.4 Å². The summed E-state index contributed by atoms with van der Waals surface area (Å²) in [5.41, 5.74) is 5.55. The molecule has 2 aliphatic carbocycles. The van der Waals surface area contributed by atoms with Crippen LogP contribution in [0.3, 0.4) is 0 Å². The molecule has 14 heteroatoms. The number of carbonyl (C=O) groups is 1. The number of hydrogen-bond acceptors (Lipinski definition) is 5. The molecule has 1 fully saturated rings. The zero-order valence-electron chi connectivity index (χ0n) is 21.6. The molecule has 1 aromatic carbocycles. The Bertz CT molecular complexity index is 1260. The number of nitrogens with one attached hydrogen (secondary N) is 2. The van der Waals surface area contributed by atoms with Gasteiger partial charge in [0, 0.05) is 67.6 Å². The van der Waals surface area contributed by atoms with Crippen LogP contribution in [-0.4, -0.2) is 90.5 Å². The first-order chi connectivity index (χ1) is 17.5. The van der Waals surface area contributed by atoms with Gasteiger partial charge in [0.1, 0.15) is 0 Å². The normalized spacial score (nSPS) is 18.0. The molecule has 5 rings (SSSR count). The molecule has 1 saturated heterocycles. The molecule has 1 radical (unpaired) electrons. The number of halogens is 3. The third kappa shape index (κ3) is 6.33. The topological polar surface area (TPSA) is 99.6 Å². The van der Waals surface area contributed by atoms with Crippen LogP contribution < -0.4 is 14.3 Å². The van der Waals surface area contributed by atoms with Crippen LogP contribution in [0.5, 0.6) is 0 Å². The number of nitrogens with zero attached hydrogens (tertiary/aromatic N) is 4. The summed E-state index contributed by atoms with van der Waals surface area (Å²) in [6.45, 7) is -0.859. The zero-order chi connectivity index (χ0) is 26.4. The van der Waals surface area contributed by atoms with Crippen LogP contribution >= 0.6 is 0 Å². The Labute approximate surface area is 242 Å². The Hall–Kier alpha value is -1.80. The van der Waals surface area contributed by atoms with E-state index in [1.807, 2.05) is 0 Å². The number of piperidine rings is 1. The summed E-state index contributed by atoms with van der Waals surface area (Å²) >= 11 is 0. The number of benzene rings is 1. The first-order valence-electron chi connectivity index (χ1n) is 12.6. The van der Waals surface area contributed by atoms with Gasteiger partial charge in [0.2, 0.25) is 0 Å². The van der Waals surface area contributed by atoms with Crippen LogP contribution in [0.15, 0.2) is 18.5 Å². The second-order valence-corrected chi connectivity index (χ2v) is 11.6. The maximum absolute atomic E-state index is 13.5. The average molecular weight is 564 g/mol. The number of carbonyl (C=O) groups excluding carboxylic acids is 1. The molecule has 203 valence electrons.